The van der Waals surface area contributed by atoms with Gasteiger partial charge in [-0.25, -0.2) is 0 Å². The second kappa shape index (κ2) is 8.55. The maximum Gasteiger partial charge on any atom is 0.0444 e. The van der Waals surface area contributed by atoms with Gasteiger partial charge in [0.25, 0.3) is 0 Å². The molecule has 0 aliphatic rings. The van der Waals surface area contributed by atoms with Crippen LogP contribution in [-0.2, 0) is 25.7 Å². The Bertz CT molecular complexity index is 625. The van der Waals surface area contributed by atoms with E-state index in [0.717, 1.165) is 36.6 Å². The Morgan fingerprint density at radius 1 is 0.826 bits per heavy atom. The van der Waals surface area contributed by atoms with E-state index in [4.69, 9.17) is 11.6 Å². The van der Waals surface area contributed by atoms with Crippen molar-refractivity contribution in [2.24, 2.45) is 5.92 Å². The van der Waals surface area contributed by atoms with Gasteiger partial charge in [0.1, 0.15) is 0 Å². The van der Waals surface area contributed by atoms with Crippen LogP contribution >= 0.6 is 11.6 Å². The lowest BCUT2D eigenvalue weighted by molar-refractivity contribution is 0.557. The summed E-state index contributed by atoms with van der Waals surface area (Å²) >= 11 is 6.56. The first-order valence-corrected chi connectivity index (χ1v) is 9.33. The van der Waals surface area contributed by atoms with Crippen LogP contribution in [0.5, 0.6) is 0 Å². The Labute approximate surface area is 146 Å². The van der Waals surface area contributed by atoms with Crippen LogP contribution in [0.4, 0.5) is 0 Å². The number of aryl methyl sites for hydroxylation is 1. The largest absolute Gasteiger partial charge is 0.0840 e. The molecule has 124 valence electrons. The van der Waals surface area contributed by atoms with Gasteiger partial charge < -0.3 is 0 Å². The zero-order chi connectivity index (χ0) is 16.8. The zero-order valence-electron chi connectivity index (χ0n) is 15.0. The summed E-state index contributed by atoms with van der Waals surface area (Å²) in [6.45, 7) is 9.04. The van der Waals surface area contributed by atoms with Crippen molar-refractivity contribution in [3.05, 3.63) is 69.2 Å². The quantitative estimate of drug-likeness (QED) is 0.534. The van der Waals surface area contributed by atoms with E-state index in [-0.39, 0.29) is 0 Å². The summed E-state index contributed by atoms with van der Waals surface area (Å²) in [5.74, 6) is 0.721. The highest BCUT2D eigenvalue weighted by Gasteiger charge is 2.13. The fourth-order valence-electron chi connectivity index (χ4n) is 3.15. The van der Waals surface area contributed by atoms with Crippen molar-refractivity contribution in [3.8, 4) is 0 Å². The third-order valence-corrected chi connectivity index (χ3v) is 5.26. The van der Waals surface area contributed by atoms with E-state index in [2.05, 4.69) is 64.1 Å². The first-order valence-electron chi connectivity index (χ1n) is 8.95. The standard InChI is InChI=1S/C22H29Cl/c1-5-16(4)14-19-12-13-22(23)21(20(19)7-3)15-18-10-8-17(6-2)9-11-18/h8-13,16H,5-7,14-15H2,1-4H3. The maximum absolute atomic E-state index is 6.56. The minimum Gasteiger partial charge on any atom is -0.0840 e. The molecule has 0 spiro atoms. The average Bonchev–Trinajstić information content (AvgIpc) is 2.58. The van der Waals surface area contributed by atoms with E-state index < -0.39 is 0 Å². The summed E-state index contributed by atoms with van der Waals surface area (Å²) in [5.41, 5.74) is 6.99. The number of benzene rings is 2. The second-order valence-electron chi connectivity index (χ2n) is 6.58. The molecule has 0 N–H and O–H groups in total. The molecule has 0 radical (unpaired) electrons. The van der Waals surface area contributed by atoms with E-state index in [1.807, 2.05) is 0 Å². The van der Waals surface area contributed by atoms with E-state index in [9.17, 15) is 0 Å². The molecule has 1 heteroatoms. The number of rotatable bonds is 7. The Kier molecular flexibility index (Phi) is 6.72. The molecule has 0 bridgehead atoms. The number of hydrogen-bond acceptors (Lipinski definition) is 0. The van der Waals surface area contributed by atoms with Crippen molar-refractivity contribution in [2.75, 3.05) is 0 Å². The minimum atomic E-state index is 0.721. The molecule has 1 atom stereocenters. The molecule has 0 fully saturated rings. The molecule has 0 saturated carbocycles. The lowest BCUT2D eigenvalue weighted by Gasteiger charge is -2.18. The number of halogens is 1. The van der Waals surface area contributed by atoms with Crippen molar-refractivity contribution in [1.29, 1.82) is 0 Å². The van der Waals surface area contributed by atoms with Gasteiger partial charge in [-0.1, -0.05) is 76.0 Å². The molecule has 0 aromatic heterocycles. The zero-order valence-corrected chi connectivity index (χ0v) is 15.7. The summed E-state index contributed by atoms with van der Waals surface area (Å²) in [7, 11) is 0. The molecule has 0 heterocycles. The summed E-state index contributed by atoms with van der Waals surface area (Å²) in [5, 5.41) is 0.911. The highest BCUT2D eigenvalue weighted by atomic mass is 35.5. The molecule has 0 aliphatic carbocycles. The minimum absolute atomic E-state index is 0.721. The van der Waals surface area contributed by atoms with Crippen LogP contribution in [0.15, 0.2) is 36.4 Å². The SMILES string of the molecule is CCc1ccc(Cc2c(Cl)ccc(CC(C)CC)c2CC)cc1. The van der Waals surface area contributed by atoms with Gasteiger partial charge in [-0.3, -0.25) is 0 Å². The fourth-order valence-corrected chi connectivity index (χ4v) is 3.40. The third kappa shape index (κ3) is 4.61. The van der Waals surface area contributed by atoms with Crippen molar-refractivity contribution < 1.29 is 0 Å². The lowest BCUT2D eigenvalue weighted by Crippen LogP contribution is -2.05. The molecular formula is C22H29Cl. The molecule has 2 aromatic carbocycles. The van der Waals surface area contributed by atoms with E-state index in [0.29, 0.717) is 0 Å². The van der Waals surface area contributed by atoms with E-state index in [1.165, 1.54) is 34.2 Å². The predicted octanol–water partition coefficient (Wildman–Crippen LogP) is 6.64. The molecule has 23 heavy (non-hydrogen) atoms. The van der Waals surface area contributed by atoms with E-state index >= 15 is 0 Å². The highest BCUT2D eigenvalue weighted by Crippen LogP contribution is 2.29. The van der Waals surface area contributed by atoms with Crippen molar-refractivity contribution in [3.63, 3.8) is 0 Å². The smallest absolute Gasteiger partial charge is 0.0444 e. The average molecular weight is 329 g/mol. The van der Waals surface area contributed by atoms with Crippen LogP contribution in [0.3, 0.4) is 0 Å². The summed E-state index contributed by atoms with van der Waals surface area (Å²) in [6.07, 6.45) is 5.44. The van der Waals surface area contributed by atoms with Gasteiger partial charge >= 0.3 is 0 Å². The molecule has 0 saturated heterocycles. The Morgan fingerprint density at radius 3 is 2.04 bits per heavy atom. The first-order chi connectivity index (χ1) is 11.1. The molecule has 1 unspecified atom stereocenters. The topological polar surface area (TPSA) is 0 Å². The monoisotopic (exact) mass is 328 g/mol. The van der Waals surface area contributed by atoms with Crippen LogP contribution in [0.2, 0.25) is 5.02 Å². The maximum atomic E-state index is 6.56. The molecular weight excluding hydrogens is 300 g/mol. The van der Waals surface area contributed by atoms with Gasteiger partial charge in [0, 0.05) is 5.02 Å². The molecule has 0 amide bonds. The van der Waals surface area contributed by atoms with Crippen LogP contribution < -0.4 is 0 Å². The van der Waals surface area contributed by atoms with Crippen molar-refractivity contribution >= 4 is 11.6 Å². The van der Waals surface area contributed by atoms with Gasteiger partial charge in [0.2, 0.25) is 0 Å². The third-order valence-electron chi connectivity index (χ3n) is 4.90. The lowest BCUT2D eigenvalue weighted by atomic mass is 9.89. The van der Waals surface area contributed by atoms with Gasteiger partial charge in [-0.05, 0) is 65.5 Å². The molecule has 2 aromatic rings. The van der Waals surface area contributed by atoms with Crippen LogP contribution in [0.25, 0.3) is 0 Å². The number of hydrogen-bond donors (Lipinski definition) is 0. The van der Waals surface area contributed by atoms with Gasteiger partial charge in [0.15, 0.2) is 0 Å². The Hall–Kier alpha value is -1.27. The van der Waals surface area contributed by atoms with Crippen LogP contribution in [-0.4, -0.2) is 0 Å². The van der Waals surface area contributed by atoms with Gasteiger partial charge in [0.05, 0.1) is 0 Å². The van der Waals surface area contributed by atoms with Crippen molar-refractivity contribution in [1.82, 2.24) is 0 Å². The Balaban J connectivity index is 2.33. The summed E-state index contributed by atoms with van der Waals surface area (Å²) in [6, 6.07) is 13.3. The Morgan fingerprint density at radius 2 is 1.48 bits per heavy atom. The molecule has 0 nitrogen and oxygen atoms in total. The summed E-state index contributed by atoms with van der Waals surface area (Å²) in [4.78, 5) is 0. The van der Waals surface area contributed by atoms with Crippen LogP contribution in [0, 0.1) is 5.92 Å². The van der Waals surface area contributed by atoms with Crippen molar-refractivity contribution in [2.45, 2.75) is 59.8 Å². The van der Waals surface area contributed by atoms with Crippen LogP contribution in [0.1, 0.15) is 61.9 Å². The normalized spacial score (nSPS) is 12.4. The molecule has 2 rings (SSSR count). The van der Waals surface area contributed by atoms with Gasteiger partial charge in [-0.2, -0.15) is 0 Å². The highest BCUT2D eigenvalue weighted by molar-refractivity contribution is 6.31. The second-order valence-corrected chi connectivity index (χ2v) is 6.99. The van der Waals surface area contributed by atoms with E-state index in [1.54, 1.807) is 0 Å². The molecule has 0 aliphatic heterocycles. The summed E-state index contributed by atoms with van der Waals surface area (Å²) < 4.78 is 0. The first kappa shape index (κ1) is 18.1. The predicted molar refractivity (Wildman–Crippen MR) is 103 cm³/mol. The van der Waals surface area contributed by atoms with Gasteiger partial charge in [-0.15, -0.1) is 0 Å². The fraction of sp³-hybridized carbons (Fsp3) is 0.455.